The molecule has 1 N–H and O–H groups in total. The molecule has 0 radical (unpaired) electrons. The SMILES string of the molecule is CCOC1(C(NC)C2CCCCCC2)CCCCCC1. The third-order valence-electron chi connectivity index (χ3n) is 5.63. The van der Waals surface area contributed by atoms with E-state index in [1.54, 1.807) is 0 Å². The van der Waals surface area contributed by atoms with Crippen molar-refractivity contribution in [2.45, 2.75) is 95.6 Å². The number of hydrogen-bond acceptors (Lipinski definition) is 2. The first kappa shape index (κ1) is 16.3. The van der Waals surface area contributed by atoms with Crippen molar-refractivity contribution in [3.63, 3.8) is 0 Å². The van der Waals surface area contributed by atoms with Crippen LogP contribution in [0.15, 0.2) is 0 Å². The van der Waals surface area contributed by atoms with Crippen LogP contribution in [0.25, 0.3) is 0 Å². The van der Waals surface area contributed by atoms with Crippen molar-refractivity contribution < 1.29 is 4.74 Å². The third-order valence-corrected chi connectivity index (χ3v) is 5.63. The molecule has 2 saturated carbocycles. The minimum absolute atomic E-state index is 0.120. The van der Waals surface area contributed by atoms with Gasteiger partial charge in [0.2, 0.25) is 0 Å². The van der Waals surface area contributed by atoms with E-state index in [-0.39, 0.29) is 5.60 Å². The average Bonchev–Trinajstić information content (AvgIpc) is 2.84. The molecule has 0 amide bonds. The van der Waals surface area contributed by atoms with E-state index in [1.807, 2.05) is 0 Å². The minimum atomic E-state index is 0.120. The Morgan fingerprint density at radius 2 is 1.50 bits per heavy atom. The van der Waals surface area contributed by atoms with Gasteiger partial charge in [-0.1, -0.05) is 51.4 Å². The van der Waals surface area contributed by atoms with Gasteiger partial charge in [-0.3, -0.25) is 0 Å². The van der Waals surface area contributed by atoms with E-state index < -0.39 is 0 Å². The van der Waals surface area contributed by atoms with Crippen LogP contribution >= 0.6 is 0 Å². The van der Waals surface area contributed by atoms with Crippen LogP contribution in [-0.4, -0.2) is 25.3 Å². The van der Waals surface area contributed by atoms with Crippen LogP contribution in [0.3, 0.4) is 0 Å². The molecule has 0 bridgehead atoms. The van der Waals surface area contributed by atoms with Crippen molar-refractivity contribution in [1.82, 2.24) is 5.32 Å². The molecule has 0 aromatic heterocycles. The lowest BCUT2D eigenvalue weighted by molar-refractivity contribution is -0.0898. The second-order valence-electron chi connectivity index (χ2n) is 6.93. The Bertz CT molecular complexity index is 250. The molecule has 1 unspecified atom stereocenters. The Morgan fingerprint density at radius 1 is 0.950 bits per heavy atom. The monoisotopic (exact) mass is 281 g/mol. The standard InChI is InChI=1S/C18H35NO/c1-3-20-18(14-10-6-7-11-15-18)17(19-2)16-12-8-4-5-9-13-16/h16-17,19H,3-15H2,1-2H3. The Kier molecular flexibility index (Phi) is 6.83. The molecule has 2 fully saturated rings. The fourth-order valence-corrected chi connectivity index (χ4v) is 4.73. The number of hydrogen-bond donors (Lipinski definition) is 1. The fraction of sp³-hybridized carbons (Fsp3) is 1.00. The van der Waals surface area contributed by atoms with E-state index in [0.717, 1.165) is 12.5 Å². The highest BCUT2D eigenvalue weighted by Gasteiger charge is 2.42. The second-order valence-corrected chi connectivity index (χ2v) is 6.93. The maximum absolute atomic E-state index is 6.44. The first-order valence-electron chi connectivity index (χ1n) is 9.13. The van der Waals surface area contributed by atoms with Gasteiger partial charge < -0.3 is 10.1 Å². The summed E-state index contributed by atoms with van der Waals surface area (Å²) >= 11 is 0. The van der Waals surface area contributed by atoms with Gasteiger partial charge in [-0.15, -0.1) is 0 Å². The van der Waals surface area contributed by atoms with Gasteiger partial charge in [0, 0.05) is 12.6 Å². The second kappa shape index (κ2) is 8.38. The summed E-state index contributed by atoms with van der Waals surface area (Å²) in [7, 11) is 2.17. The van der Waals surface area contributed by atoms with E-state index in [0.29, 0.717) is 6.04 Å². The number of nitrogens with one attached hydrogen (secondary N) is 1. The molecule has 2 aliphatic carbocycles. The molecule has 2 heteroatoms. The van der Waals surface area contributed by atoms with Crippen LogP contribution < -0.4 is 5.32 Å². The molecule has 1 atom stereocenters. The Morgan fingerprint density at radius 3 is 2.00 bits per heavy atom. The summed E-state index contributed by atoms with van der Waals surface area (Å²) < 4.78 is 6.44. The number of ether oxygens (including phenoxy) is 1. The van der Waals surface area contributed by atoms with Crippen molar-refractivity contribution in [3.8, 4) is 0 Å². The first-order chi connectivity index (χ1) is 9.82. The summed E-state index contributed by atoms with van der Waals surface area (Å²) in [4.78, 5) is 0. The molecule has 0 aromatic carbocycles. The largest absolute Gasteiger partial charge is 0.374 e. The quantitative estimate of drug-likeness (QED) is 0.739. The van der Waals surface area contributed by atoms with Crippen LogP contribution in [0.5, 0.6) is 0 Å². The van der Waals surface area contributed by atoms with Gasteiger partial charge in [0.25, 0.3) is 0 Å². The van der Waals surface area contributed by atoms with Gasteiger partial charge in [-0.05, 0) is 45.6 Å². The van der Waals surface area contributed by atoms with Crippen LogP contribution in [0.1, 0.15) is 84.0 Å². The fourth-order valence-electron chi connectivity index (χ4n) is 4.73. The van der Waals surface area contributed by atoms with E-state index in [9.17, 15) is 0 Å². The van der Waals surface area contributed by atoms with Crippen molar-refractivity contribution in [2.75, 3.05) is 13.7 Å². The molecule has 0 aliphatic heterocycles. The summed E-state index contributed by atoms with van der Waals surface area (Å²) in [6.07, 6.45) is 16.6. The highest BCUT2D eigenvalue weighted by atomic mass is 16.5. The summed E-state index contributed by atoms with van der Waals surface area (Å²) in [6, 6.07) is 0.568. The average molecular weight is 281 g/mol. The van der Waals surface area contributed by atoms with Crippen LogP contribution in [-0.2, 0) is 4.74 Å². The third kappa shape index (κ3) is 3.98. The zero-order valence-corrected chi connectivity index (χ0v) is 13.8. The highest BCUT2D eigenvalue weighted by Crippen LogP contribution is 2.39. The summed E-state index contributed by atoms with van der Waals surface area (Å²) in [5.41, 5.74) is 0.120. The molecule has 2 aliphatic rings. The molecule has 0 saturated heterocycles. The summed E-state index contributed by atoms with van der Waals surface area (Å²) in [5, 5.41) is 3.70. The highest BCUT2D eigenvalue weighted by molar-refractivity contribution is 4.98. The molecular formula is C18H35NO. The maximum atomic E-state index is 6.44. The van der Waals surface area contributed by atoms with Crippen molar-refractivity contribution in [1.29, 1.82) is 0 Å². The predicted octanol–water partition coefficient (Wildman–Crippen LogP) is 4.67. The zero-order chi connectivity index (χ0) is 14.3. The Balaban J connectivity index is 2.13. The van der Waals surface area contributed by atoms with Crippen LogP contribution in [0.2, 0.25) is 0 Å². The van der Waals surface area contributed by atoms with Gasteiger partial charge >= 0.3 is 0 Å². The van der Waals surface area contributed by atoms with E-state index in [4.69, 9.17) is 4.74 Å². The maximum Gasteiger partial charge on any atom is 0.0837 e. The van der Waals surface area contributed by atoms with Crippen molar-refractivity contribution in [3.05, 3.63) is 0 Å². The predicted molar refractivity (Wildman–Crippen MR) is 86.1 cm³/mol. The number of likely N-dealkylation sites (N-methyl/N-ethyl adjacent to an activating group) is 1. The molecule has 0 heterocycles. The van der Waals surface area contributed by atoms with Gasteiger partial charge in [0.05, 0.1) is 5.60 Å². The zero-order valence-electron chi connectivity index (χ0n) is 13.8. The molecule has 0 aromatic rings. The normalized spacial score (nSPS) is 26.7. The van der Waals surface area contributed by atoms with Gasteiger partial charge in [-0.2, -0.15) is 0 Å². The van der Waals surface area contributed by atoms with Gasteiger partial charge in [0.1, 0.15) is 0 Å². The first-order valence-corrected chi connectivity index (χ1v) is 9.13. The van der Waals surface area contributed by atoms with E-state index in [2.05, 4.69) is 19.3 Å². The molecule has 0 spiro atoms. The van der Waals surface area contributed by atoms with E-state index in [1.165, 1.54) is 77.0 Å². The van der Waals surface area contributed by atoms with Crippen molar-refractivity contribution in [2.24, 2.45) is 5.92 Å². The summed E-state index contributed by atoms with van der Waals surface area (Å²) in [5.74, 6) is 0.826. The Hall–Kier alpha value is -0.0800. The molecule has 20 heavy (non-hydrogen) atoms. The molecule has 2 nitrogen and oxygen atoms in total. The lowest BCUT2D eigenvalue weighted by atomic mass is 9.76. The van der Waals surface area contributed by atoms with Gasteiger partial charge in [0.15, 0.2) is 0 Å². The minimum Gasteiger partial charge on any atom is -0.374 e. The molecular weight excluding hydrogens is 246 g/mol. The van der Waals surface area contributed by atoms with Crippen molar-refractivity contribution >= 4 is 0 Å². The molecule has 2 rings (SSSR count). The Labute approximate surface area is 126 Å². The lowest BCUT2D eigenvalue weighted by Gasteiger charge is -2.44. The molecule has 118 valence electrons. The van der Waals surface area contributed by atoms with E-state index >= 15 is 0 Å². The summed E-state index contributed by atoms with van der Waals surface area (Å²) in [6.45, 7) is 3.04. The topological polar surface area (TPSA) is 21.3 Å². The van der Waals surface area contributed by atoms with Crippen LogP contribution in [0, 0.1) is 5.92 Å². The lowest BCUT2D eigenvalue weighted by Crippen LogP contribution is -2.55. The van der Waals surface area contributed by atoms with Gasteiger partial charge in [-0.25, -0.2) is 0 Å². The smallest absolute Gasteiger partial charge is 0.0837 e. The van der Waals surface area contributed by atoms with Crippen LogP contribution in [0.4, 0.5) is 0 Å². The number of rotatable bonds is 5.